The van der Waals surface area contributed by atoms with Crippen molar-refractivity contribution in [3.8, 4) is 0 Å². The van der Waals surface area contributed by atoms with Gasteiger partial charge in [0.2, 0.25) is 11.8 Å². The number of amides is 2. The fourth-order valence-electron chi connectivity index (χ4n) is 2.56. The molecule has 0 aromatic heterocycles. The summed E-state index contributed by atoms with van der Waals surface area (Å²) in [5.41, 5.74) is 2.24. The van der Waals surface area contributed by atoms with Crippen molar-refractivity contribution < 1.29 is 9.59 Å². The summed E-state index contributed by atoms with van der Waals surface area (Å²) < 4.78 is 0. The highest BCUT2D eigenvalue weighted by Crippen LogP contribution is 2.18. The predicted molar refractivity (Wildman–Crippen MR) is 78.0 cm³/mol. The molecule has 1 aliphatic rings. The number of rotatable bonds is 4. The molecule has 1 fully saturated rings. The molecule has 108 valence electrons. The molecule has 2 atom stereocenters. The Bertz CT molecular complexity index is 513. The summed E-state index contributed by atoms with van der Waals surface area (Å²) in [6.07, 6.45) is 1.57. The van der Waals surface area contributed by atoms with Gasteiger partial charge in [-0.2, -0.15) is 0 Å². The molecule has 1 N–H and O–H groups in total. The molecule has 4 nitrogen and oxygen atoms in total. The van der Waals surface area contributed by atoms with E-state index >= 15 is 0 Å². The summed E-state index contributed by atoms with van der Waals surface area (Å²) in [7, 11) is 0. The number of nitrogens with zero attached hydrogens (tertiary/aromatic N) is 1. The van der Waals surface area contributed by atoms with Gasteiger partial charge in [-0.15, -0.1) is 0 Å². The monoisotopic (exact) mass is 274 g/mol. The zero-order chi connectivity index (χ0) is 14.7. The van der Waals surface area contributed by atoms with E-state index in [-0.39, 0.29) is 17.9 Å². The van der Waals surface area contributed by atoms with Gasteiger partial charge in [-0.05, 0) is 31.4 Å². The molecule has 0 radical (unpaired) electrons. The van der Waals surface area contributed by atoms with Crippen molar-refractivity contribution in [3.05, 3.63) is 35.4 Å². The first-order valence-electron chi connectivity index (χ1n) is 7.20. The first kappa shape index (κ1) is 14.6. The molecule has 2 amide bonds. The minimum atomic E-state index is -0.407. The third-order valence-electron chi connectivity index (χ3n) is 3.92. The lowest BCUT2D eigenvalue weighted by Gasteiger charge is -2.37. The van der Waals surface area contributed by atoms with Crippen molar-refractivity contribution in [2.45, 2.75) is 52.2 Å². The molecule has 1 saturated heterocycles. The van der Waals surface area contributed by atoms with Gasteiger partial charge in [0.25, 0.3) is 0 Å². The van der Waals surface area contributed by atoms with E-state index in [1.54, 1.807) is 11.8 Å². The van der Waals surface area contributed by atoms with E-state index in [0.29, 0.717) is 13.0 Å². The summed E-state index contributed by atoms with van der Waals surface area (Å²) >= 11 is 0. The summed E-state index contributed by atoms with van der Waals surface area (Å²) in [6, 6.07) is 7.20. The average Bonchev–Trinajstić information content (AvgIpc) is 2.43. The highest BCUT2D eigenvalue weighted by atomic mass is 16.2. The zero-order valence-corrected chi connectivity index (χ0v) is 12.3. The second-order valence-electron chi connectivity index (χ2n) is 5.42. The van der Waals surface area contributed by atoms with E-state index < -0.39 is 6.04 Å². The van der Waals surface area contributed by atoms with Crippen LogP contribution in [-0.4, -0.2) is 28.8 Å². The molecule has 1 aliphatic heterocycles. The maximum Gasteiger partial charge on any atom is 0.246 e. The van der Waals surface area contributed by atoms with Gasteiger partial charge in [0, 0.05) is 6.54 Å². The fourth-order valence-corrected chi connectivity index (χ4v) is 2.56. The van der Waals surface area contributed by atoms with Gasteiger partial charge < -0.3 is 10.2 Å². The molecule has 4 heteroatoms. The number of piperazine rings is 1. The van der Waals surface area contributed by atoms with Crippen LogP contribution < -0.4 is 5.32 Å². The average molecular weight is 274 g/mol. The van der Waals surface area contributed by atoms with Crippen molar-refractivity contribution in [1.82, 2.24) is 10.2 Å². The first-order valence-corrected chi connectivity index (χ1v) is 7.20. The standard InChI is InChI=1S/C16H22N2O2/c1-4-7-14-16(20)18(12(3)15(19)17-14)10-13-9-6-5-8-11(13)2/h5-6,8-9,12,14H,4,7,10H2,1-3H3,(H,17,19). The molecule has 0 aliphatic carbocycles. The summed E-state index contributed by atoms with van der Waals surface area (Å²) in [5, 5.41) is 2.82. The number of benzene rings is 1. The SMILES string of the molecule is CCCC1NC(=O)C(C)N(Cc2ccccc2C)C1=O. The molecule has 0 spiro atoms. The molecule has 0 saturated carbocycles. The Morgan fingerprint density at radius 3 is 2.60 bits per heavy atom. The molecule has 2 rings (SSSR count). The van der Waals surface area contributed by atoms with Crippen molar-refractivity contribution in [2.75, 3.05) is 0 Å². The predicted octanol–water partition coefficient (Wildman–Crippen LogP) is 2.01. The first-order chi connectivity index (χ1) is 9.54. The van der Waals surface area contributed by atoms with Gasteiger partial charge in [-0.25, -0.2) is 0 Å². The van der Waals surface area contributed by atoms with E-state index in [2.05, 4.69) is 5.32 Å². The highest BCUT2D eigenvalue weighted by molar-refractivity contribution is 5.96. The minimum Gasteiger partial charge on any atom is -0.343 e. The van der Waals surface area contributed by atoms with Gasteiger partial charge in [0.1, 0.15) is 12.1 Å². The van der Waals surface area contributed by atoms with Crippen molar-refractivity contribution in [2.24, 2.45) is 0 Å². The van der Waals surface area contributed by atoms with Gasteiger partial charge in [-0.1, -0.05) is 37.6 Å². The van der Waals surface area contributed by atoms with Crippen molar-refractivity contribution in [3.63, 3.8) is 0 Å². The third kappa shape index (κ3) is 2.84. The van der Waals surface area contributed by atoms with E-state index in [1.165, 1.54) is 0 Å². The number of hydrogen-bond acceptors (Lipinski definition) is 2. The van der Waals surface area contributed by atoms with Crippen LogP contribution in [-0.2, 0) is 16.1 Å². The largest absolute Gasteiger partial charge is 0.343 e. The summed E-state index contributed by atoms with van der Waals surface area (Å²) in [4.78, 5) is 26.2. The lowest BCUT2D eigenvalue weighted by Crippen LogP contribution is -2.61. The zero-order valence-electron chi connectivity index (χ0n) is 12.3. The van der Waals surface area contributed by atoms with Crippen LogP contribution in [0.25, 0.3) is 0 Å². The van der Waals surface area contributed by atoms with Crippen molar-refractivity contribution in [1.29, 1.82) is 0 Å². The Labute approximate surface area is 120 Å². The smallest absolute Gasteiger partial charge is 0.246 e. The van der Waals surface area contributed by atoms with Crippen LogP contribution in [0.5, 0.6) is 0 Å². The normalized spacial score (nSPS) is 22.9. The molecule has 0 bridgehead atoms. The van der Waals surface area contributed by atoms with E-state index in [1.807, 2.05) is 38.1 Å². The number of carbonyl (C=O) groups excluding carboxylic acids is 2. The summed E-state index contributed by atoms with van der Waals surface area (Å²) in [5.74, 6) is -0.0289. The number of aryl methyl sites for hydroxylation is 1. The van der Waals surface area contributed by atoms with Crippen LogP contribution >= 0.6 is 0 Å². The Morgan fingerprint density at radius 1 is 1.25 bits per heavy atom. The molecule has 20 heavy (non-hydrogen) atoms. The second kappa shape index (κ2) is 6.07. The number of carbonyl (C=O) groups is 2. The maximum absolute atomic E-state index is 12.5. The van der Waals surface area contributed by atoms with Gasteiger partial charge in [0.15, 0.2) is 0 Å². The molecular weight excluding hydrogens is 252 g/mol. The molecule has 2 unspecified atom stereocenters. The van der Waals surface area contributed by atoms with E-state index in [4.69, 9.17) is 0 Å². The van der Waals surface area contributed by atoms with E-state index in [9.17, 15) is 9.59 Å². The van der Waals surface area contributed by atoms with Crippen LogP contribution in [0.4, 0.5) is 0 Å². The highest BCUT2D eigenvalue weighted by Gasteiger charge is 2.37. The van der Waals surface area contributed by atoms with Gasteiger partial charge in [0.05, 0.1) is 0 Å². The Morgan fingerprint density at radius 2 is 1.95 bits per heavy atom. The molecule has 1 aromatic carbocycles. The van der Waals surface area contributed by atoms with Gasteiger partial charge >= 0.3 is 0 Å². The van der Waals surface area contributed by atoms with Crippen LogP contribution in [0.2, 0.25) is 0 Å². The minimum absolute atomic E-state index is 0.0298. The van der Waals surface area contributed by atoms with Gasteiger partial charge in [-0.3, -0.25) is 9.59 Å². The van der Waals surface area contributed by atoms with Crippen LogP contribution in [0.3, 0.4) is 0 Å². The van der Waals surface area contributed by atoms with Crippen molar-refractivity contribution >= 4 is 11.8 Å². The summed E-state index contributed by atoms with van der Waals surface area (Å²) in [6.45, 7) is 6.33. The fraction of sp³-hybridized carbons (Fsp3) is 0.500. The topological polar surface area (TPSA) is 49.4 Å². The van der Waals surface area contributed by atoms with Crippen LogP contribution in [0, 0.1) is 6.92 Å². The quantitative estimate of drug-likeness (QED) is 0.913. The van der Waals surface area contributed by atoms with E-state index in [0.717, 1.165) is 17.5 Å². The molecule has 1 aromatic rings. The Hall–Kier alpha value is -1.84. The number of nitrogens with one attached hydrogen (secondary N) is 1. The molecular formula is C16H22N2O2. The lowest BCUT2D eigenvalue weighted by molar-refractivity contribution is -0.149. The second-order valence-corrected chi connectivity index (χ2v) is 5.42. The Balaban J connectivity index is 2.21. The third-order valence-corrected chi connectivity index (χ3v) is 3.92. The van der Waals surface area contributed by atoms with Crippen LogP contribution in [0.1, 0.15) is 37.8 Å². The lowest BCUT2D eigenvalue weighted by atomic mass is 10.0. The number of hydrogen-bond donors (Lipinski definition) is 1. The Kier molecular flexibility index (Phi) is 4.42. The van der Waals surface area contributed by atoms with Crippen LogP contribution in [0.15, 0.2) is 24.3 Å². The molecule has 1 heterocycles. The maximum atomic E-state index is 12.5.